The zero-order valence-corrected chi connectivity index (χ0v) is 16.5. The van der Waals surface area contributed by atoms with Gasteiger partial charge in [-0.15, -0.1) is 0 Å². The van der Waals surface area contributed by atoms with E-state index in [4.69, 9.17) is 4.74 Å². The summed E-state index contributed by atoms with van der Waals surface area (Å²) in [5.41, 5.74) is 1.55. The number of benzene rings is 2. The van der Waals surface area contributed by atoms with Gasteiger partial charge in [0.2, 0.25) is 0 Å². The van der Waals surface area contributed by atoms with Crippen molar-refractivity contribution < 1.29 is 13.9 Å². The van der Waals surface area contributed by atoms with Crippen molar-refractivity contribution in [2.45, 2.75) is 12.8 Å². The molecule has 1 aliphatic rings. The Labute approximate surface area is 169 Å². The van der Waals surface area contributed by atoms with Crippen LogP contribution in [0, 0.1) is 5.82 Å². The van der Waals surface area contributed by atoms with Crippen molar-refractivity contribution in [1.29, 1.82) is 0 Å². The number of rotatable bonds is 7. The van der Waals surface area contributed by atoms with E-state index in [0.717, 1.165) is 61.6 Å². The van der Waals surface area contributed by atoms with Gasteiger partial charge < -0.3 is 9.64 Å². The summed E-state index contributed by atoms with van der Waals surface area (Å²) in [6.45, 7) is 4.57. The standard InChI is InChI=1S/C22H25FN4O2/c1-29-18-8-9-19-20(15-18)24-25-22(19)27-13-11-26(12-14-27)10-2-3-21(28)16-4-6-17(23)7-5-16/h4-9,15H,2-3,10-14H2,1H3,(H,24,25). The summed E-state index contributed by atoms with van der Waals surface area (Å²) in [6, 6.07) is 11.7. The minimum Gasteiger partial charge on any atom is -0.497 e. The van der Waals surface area contributed by atoms with Gasteiger partial charge in [-0.05, 0) is 49.4 Å². The molecule has 4 rings (SSSR count). The third-order valence-corrected chi connectivity index (χ3v) is 5.47. The molecule has 0 spiro atoms. The van der Waals surface area contributed by atoms with E-state index < -0.39 is 0 Å². The molecule has 1 aliphatic heterocycles. The van der Waals surface area contributed by atoms with Crippen molar-refractivity contribution in [3.05, 3.63) is 53.8 Å². The first-order chi connectivity index (χ1) is 14.1. The molecule has 0 bridgehead atoms. The summed E-state index contributed by atoms with van der Waals surface area (Å²) in [7, 11) is 1.66. The van der Waals surface area contributed by atoms with Crippen LogP contribution < -0.4 is 9.64 Å². The minimum absolute atomic E-state index is 0.0713. The Morgan fingerprint density at radius 1 is 1.14 bits per heavy atom. The molecule has 7 heteroatoms. The van der Waals surface area contributed by atoms with Crippen molar-refractivity contribution in [3.63, 3.8) is 0 Å². The van der Waals surface area contributed by atoms with Gasteiger partial charge in [-0.3, -0.25) is 14.8 Å². The monoisotopic (exact) mass is 396 g/mol. The van der Waals surface area contributed by atoms with E-state index in [9.17, 15) is 9.18 Å². The van der Waals surface area contributed by atoms with Crippen LogP contribution in [0.2, 0.25) is 0 Å². The number of Topliss-reactive ketones (excluding diaryl/α,β-unsaturated/α-hetero) is 1. The number of piperazine rings is 1. The highest BCUT2D eigenvalue weighted by Gasteiger charge is 2.21. The normalized spacial score (nSPS) is 15.0. The molecule has 3 aromatic rings. The number of anilines is 1. The molecule has 0 saturated carbocycles. The largest absolute Gasteiger partial charge is 0.497 e. The first-order valence-electron chi connectivity index (χ1n) is 9.92. The highest BCUT2D eigenvalue weighted by Crippen LogP contribution is 2.27. The zero-order chi connectivity index (χ0) is 20.2. The molecule has 0 unspecified atom stereocenters. The molecule has 1 saturated heterocycles. The molecular weight excluding hydrogens is 371 g/mol. The summed E-state index contributed by atoms with van der Waals surface area (Å²) < 4.78 is 18.2. The van der Waals surface area contributed by atoms with Crippen LogP contribution >= 0.6 is 0 Å². The number of hydrogen-bond donors (Lipinski definition) is 1. The zero-order valence-electron chi connectivity index (χ0n) is 16.5. The quantitative estimate of drug-likeness (QED) is 0.620. The number of hydrogen-bond acceptors (Lipinski definition) is 5. The van der Waals surface area contributed by atoms with Crippen molar-refractivity contribution in [2.24, 2.45) is 0 Å². The van der Waals surface area contributed by atoms with Crippen LogP contribution in [0.5, 0.6) is 5.75 Å². The predicted molar refractivity (Wildman–Crippen MR) is 111 cm³/mol. The van der Waals surface area contributed by atoms with Crippen LogP contribution in [0.4, 0.5) is 10.2 Å². The maximum atomic E-state index is 13.0. The summed E-state index contributed by atoms with van der Waals surface area (Å²) in [6.07, 6.45) is 1.29. The molecule has 2 aromatic carbocycles. The van der Waals surface area contributed by atoms with Gasteiger partial charge in [0.1, 0.15) is 11.6 Å². The second-order valence-electron chi connectivity index (χ2n) is 7.32. The number of H-pyrrole nitrogens is 1. The highest BCUT2D eigenvalue weighted by molar-refractivity contribution is 5.96. The molecule has 0 atom stereocenters. The van der Waals surface area contributed by atoms with E-state index >= 15 is 0 Å². The van der Waals surface area contributed by atoms with Crippen molar-refractivity contribution >= 4 is 22.5 Å². The van der Waals surface area contributed by atoms with E-state index in [2.05, 4.69) is 20.0 Å². The number of ketones is 1. The number of nitrogens with zero attached hydrogens (tertiary/aromatic N) is 3. The molecule has 1 fully saturated rings. The Morgan fingerprint density at radius 2 is 1.90 bits per heavy atom. The SMILES string of the molecule is COc1ccc2c(N3CCN(CCCC(=O)c4ccc(F)cc4)CC3)n[nH]c2c1. The average Bonchev–Trinajstić information content (AvgIpc) is 3.18. The third-order valence-electron chi connectivity index (χ3n) is 5.47. The van der Waals surface area contributed by atoms with Crippen molar-refractivity contribution in [2.75, 3.05) is 44.7 Å². The van der Waals surface area contributed by atoms with Gasteiger partial charge in [-0.1, -0.05) is 0 Å². The maximum absolute atomic E-state index is 13.0. The van der Waals surface area contributed by atoms with E-state index in [-0.39, 0.29) is 11.6 Å². The molecule has 29 heavy (non-hydrogen) atoms. The van der Waals surface area contributed by atoms with Crippen LogP contribution in [0.25, 0.3) is 10.9 Å². The van der Waals surface area contributed by atoms with Crippen LogP contribution in [-0.2, 0) is 0 Å². The molecule has 1 aromatic heterocycles. The van der Waals surface area contributed by atoms with Crippen LogP contribution in [0.15, 0.2) is 42.5 Å². The smallest absolute Gasteiger partial charge is 0.162 e. The molecule has 2 heterocycles. The Balaban J connectivity index is 1.26. The van der Waals surface area contributed by atoms with Gasteiger partial charge in [0.25, 0.3) is 0 Å². The fourth-order valence-corrected chi connectivity index (χ4v) is 3.78. The van der Waals surface area contributed by atoms with Gasteiger partial charge in [0.05, 0.1) is 12.6 Å². The number of carbonyl (C=O) groups excluding carboxylic acids is 1. The molecule has 1 N–H and O–H groups in total. The molecular formula is C22H25FN4O2. The predicted octanol–water partition coefficient (Wildman–Crippen LogP) is 3.50. The molecule has 152 valence electrons. The van der Waals surface area contributed by atoms with Crippen LogP contribution in [0.3, 0.4) is 0 Å². The second-order valence-corrected chi connectivity index (χ2v) is 7.32. The summed E-state index contributed by atoms with van der Waals surface area (Å²) in [5.74, 6) is 1.55. The molecule has 0 aliphatic carbocycles. The first-order valence-corrected chi connectivity index (χ1v) is 9.92. The lowest BCUT2D eigenvalue weighted by molar-refractivity contribution is 0.0974. The highest BCUT2D eigenvalue weighted by atomic mass is 19.1. The lowest BCUT2D eigenvalue weighted by Crippen LogP contribution is -2.46. The lowest BCUT2D eigenvalue weighted by Gasteiger charge is -2.35. The van der Waals surface area contributed by atoms with Gasteiger partial charge >= 0.3 is 0 Å². The fraction of sp³-hybridized carbons (Fsp3) is 0.364. The van der Waals surface area contributed by atoms with Gasteiger partial charge in [-0.2, -0.15) is 5.10 Å². The molecule has 0 amide bonds. The van der Waals surface area contributed by atoms with E-state index in [1.54, 1.807) is 19.2 Å². The Bertz CT molecular complexity index is 978. The van der Waals surface area contributed by atoms with Crippen LogP contribution in [0.1, 0.15) is 23.2 Å². The number of aromatic amines is 1. The molecule has 0 radical (unpaired) electrons. The Hall–Kier alpha value is -2.93. The van der Waals surface area contributed by atoms with E-state index in [0.29, 0.717) is 12.0 Å². The number of carbonyl (C=O) groups is 1. The summed E-state index contributed by atoms with van der Waals surface area (Å²) in [5, 5.41) is 8.69. The maximum Gasteiger partial charge on any atom is 0.162 e. The average molecular weight is 396 g/mol. The van der Waals surface area contributed by atoms with E-state index in [1.165, 1.54) is 12.1 Å². The number of halogens is 1. The van der Waals surface area contributed by atoms with Crippen molar-refractivity contribution in [3.8, 4) is 5.75 Å². The Kier molecular flexibility index (Phi) is 5.76. The van der Waals surface area contributed by atoms with Gasteiger partial charge in [0, 0.05) is 49.6 Å². The van der Waals surface area contributed by atoms with Crippen molar-refractivity contribution in [1.82, 2.24) is 15.1 Å². The first kappa shape index (κ1) is 19.4. The fourth-order valence-electron chi connectivity index (χ4n) is 3.78. The van der Waals surface area contributed by atoms with E-state index in [1.807, 2.05) is 18.2 Å². The minimum atomic E-state index is -0.316. The summed E-state index contributed by atoms with van der Waals surface area (Å²) >= 11 is 0. The topological polar surface area (TPSA) is 61.5 Å². The molecule has 6 nitrogen and oxygen atoms in total. The number of aromatic nitrogens is 2. The lowest BCUT2D eigenvalue weighted by atomic mass is 10.1. The van der Waals surface area contributed by atoms with Crippen LogP contribution in [-0.4, -0.2) is 60.7 Å². The number of nitrogens with one attached hydrogen (secondary N) is 1. The van der Waals surface area contributed by atoms with Gasteiger partial charge in [-0.25, -0.2) is 4.39 Å². The number of fused-ring (bicyclic) bond motifs is 1. The Morgan fingerprint density at radius 3 is 2.62 bits per heavy atom. The second kappa shape index (κ2) is 8.61. The van der Waals surface area contributed by atoms with Gasteiger partial charge in [0.15, 0.2) is 11.6 Å². The number of ether oxygens (including phenoxy) is 1. The summed E-state index contributed by atoms with van der Waals surface area (Å²) in [4.78, 5) is 16.9. The third kappa shape index (κ3) is 4.40. The number of methoxy groups -OCH3 is 1.